The molecule has 0 amide bonds. The Kier molecular flexibility index (Phi) is 3.52. The standard InChI is InChI=1S/C10H13BBrIO2S/c1-9(2)10(3,4)15-11(14-9)8-6(13)5-7(12)16-8/h5H,1-4H3. The molecule has 0 unspecified atom stereocenters. The minimum absolute atomic E-state index is 0.242. The SMILES string of the molecule is CC1(C)OB(c2sc(Br)cc2I)OC1(C)C. The molecule has 2 heterocycles. The van der Waals surface area contributed by atoms with Gasteiger partial charge < -0.3 is 9.31 Å². The van der Waals surface area contributed by atoms with E-state index in [0.717, 1.165) is 8.56 Å². The van der Waals surface area contributed by atoms with Crippen LogP contribution in [0.2, 0.25) is 0 Å². The van der Waals surface area contributed by atoms with Gasteiger partial charge in [-0.15, -0.1) is 11.3 Å². The average Bonchev–Trinajstić information content (AvgIpc) is 2.51. The van der Waals surface area contributed by atoms with E-state index in [-0.39, 0.29) is 18.3 Å². The van der Waals surface area contributed by atoms with Gasteiger partial charge in [-0.25, -0.2) is 0 Å². The summed E-state index contributed by atoms with van der Waals surface area (Å²) in [4.78, 5) is 0. The summed E-state index contributed by atoms with van der Waals surface area (Å²) in [6, 6.07) is 2.09. The van der Waals surface area contributed by atoms with Crippen molar-refractivity contribution >= 4 is 61.8 Å². The number of rotatable bonds is 1. The van der Waals surface area contributed by atoms with Crippen LogP contribution >= 0.6 is 49.9 Å². The van der Waals surface area contributed by atoms with E-state index in [1.165, 1.54) is 3.57 Å². The Morgan fingerprint density at radius 2 is 1.75 bits per heavy atom. The zero-order valence-electron chi connectivity index (χ0n) is 9.64. The molecule has 2 nitrogen and oxygen atoms in total. The minimum atomic E-state index is -0.267. The van der Waals surface area contributed by atoms with Gasteiger partial charge in [-0.1, -0.05) is 0 Å². The van der Waals surface area contributed by atoms with Gasteiger partial charge in [0.2, 0.25) is 0 Å². The first-order valence-corrected chi connectivity index (χ1v) is 7.72. The van der Waals surface area contributed by atoms with E-state index in [1.807, 2.05) is 0 Å². The molecule has 0 spiro atoms. The average molecular weight is 415 g/mol. The highest BCUT2D eigenvalue weighted by Crippen LogP contribution is 2.37. The predicted molar refractivity (Wildman–Crippen MR) is 80.5 cm³/mol. The molecule has 88 valence electrons. The Hall–Kier alpha value is 0.895. The van der Waals surface area contributed by atoms with Crippen LogP contribution in [0, 0.1) is 3.57 Å². The van der Waals surface area contributed by atoms with Gasteiger partial charge in [0.1, 0.15) is 0 Å². The van der Waals surface area contributed by atoms with E-state index in [9.17, 15) is 0 Å². The molecule has 1 aromatic heterocycles. The van der Waals surface area contributed by atoms with E-state index >= 15 is 0 Å². The minimum Gasteiger partial charge on any atom is -0.399 e. The lowest BCUT2D eigenvalue weighted by Gasteiger charge is -2.32. The fourth-order valence-corrected chi connectivity index (χ4v) is 4.49. The van der Waals surface area contributed by atoms with Crippen LogP contribution in [0.15, 0.2) is 9.85 Å². The maximum absolute atomic E-state index is 6.01. The van der Waals surface area contributed by atoms with E-state index in [1.54, 1.807) is 11.3 Å². The number of hydrogen-bond donors (Lipinski definition) is 0. The summed E-state index contributed by atoms with van der Waals surface area (Å²) in [7, 11) is -0.242. The van der Waals surface area contributed by atoms with Crippen molar-refractivity contribution in [2.75, 3.05) is 0 Å². The van der Waals surface area contributed by atoms with Gasteiger partial charge in [0.25, 0.3) is 0 Å². The lowest BCUT2D eigenvalue weighted by Crippen LogP contribution is -2.41. The third kappa shape index (κ3) is 2.23. The van der Waals surface area contributed by atoms with Crippen LogP contribution in [0.5, 0.6) is 0 Å². The molecule has 0 radical (unpaired) electrons. The molecule has 0 aliphatic carbocycles. The van der Waals surface area contributed by atoms with Gasteiger partial charge in [0, 0.05) is 8.35 Å². The first-order valence-electron chi connectivity index (χ1n) is 5.03. The van der Waals surface area contributed by atoms with Crippen molar-refractivity contribution in [3.05, 3.63) is 13.4 Å². The molecule has 0 N–H and O–H groups in total. The number of hydrogen-bond acceptors (Lipinski definition) is 3. The van der Waals surface area contributed by atoms with Crippen LogP contribution in [-0.2, 0) is 9.31 Å². The summed E-state index contributed by atoms with van der Waals surface area (Å²) in [6.45, 7) is 8.29. The lowest BCUT2D eigenvalue weighted by molar-refractivity contribution is 0.00578. The lowest BCUT2D eigenvalue weighted by atomic mass is 9.88. The van der Waals surface area contributed by atoms with Crippen LogP contribution in [0.3, 0.4) is 0 Å². The third-order valence-corrected chi connectivity index (χ3v) is 6.07. The molecule has 1 aliphatic heterocycles. The smallest absolute Gasteiger partial charge is 0.399 e. The fraction of sp³-hybridized carbons (Fsp3) is 0.600. The zero-order chi connectivity index (χ0) is 12.1. The fourth-order valence-electron chi connectivity index (χ4n) is 1.46. The van der Waals surface area contributed by atoms with Crippen molar-refractivity contribution < 1.29 is 9.31 Å². The summed E-state index contributed by atoms with van der Waals surface area (Å²) in [5.74, 6) is 0. The van der Waals surface area contributed by atoms with Crippen LogP contribution in [-0.4, -0.2) is 18.3 Å². The first kappa shape index (κ1) is 13.3. The monoisotopic (exact) mass is 414 g/mol. The van der Waals surface area contributed by atoms with E-state index in [2.05, 4.69) is 72.3 Å². The molecular formula is C10H13BBrIO2S. The van der Waals surface area contributed by atoms with Crippen LogP contribution in [0.4, 0.5) is 0 Å². The van der Waals surface area contributed by atoms with Crippen molar-refractivity contribution in [1.29, 1.82) is 0 Å². The van der Waals surface area contributed by atoms with Gasteiger partial charge >= 0.3 is 7.12 Å². The van der Waals surface area contributed by atoms with E-state index in [4.69, 9.17) is 9.31 Å². The Balaban J connectivity index is 2.30. The second-order valence-electron chi connectivity index (χ2n) is 4.85. The quantitative estimate of drug-likeness (QED) is 0.518. The summed E-state index contributed by atoms with van der Waals surface area (Å²) >= 11 is 7.48. The molecule has 0 saturated carbocycles. The van der Waals surface area contributed by atoms with Crippen LogP contribution in [0.25, 0.3) is 0 Å². The Morgan fingerprint density at radius 1 is 1.25 bits per heavy atom. The predicted octanol–water partition coefficient (Wildman–Crippen LogP) is 3.41. The third-order valence-electron chi connectivity index (χ3n) is 3.15. The van der Waals surface area contributed by atoms with Gasteiger partial charge in [0.15, 0.2) is 0 Å². The van der Waals surface area contributed by atoms with Gasteiger partial charge in [-0.3, -0.25) is 0 Å². The van der Waals surface area contributed by atoms with E-state index in [0.29, 0.717) is 0 Å². The highest BCUT2D eigenvalue weighted by molar-refractivity contribution is 14.1. The summed E-state index contributed by atoms with van der Waals surface area (Å²) in [5, 5.41) is 0. The summed E-state index contributed by atoms with van der Waals surface area (Å²) < 4.78 is 15.5. The second kappa shape index (κ2) is 4.22. The molecule has 1 fully saturated rings. The molecule has 0 aromatic carbocycles. The molecule has 2 rings (SSSR count). The van der Waals surface area contributed by atoms with Crippen molar-refractivity contribution in [1.82, 2.24) is 0 Å². The summed E-state index contributed by atoms with van der Waals surface area (Å²) in [5.41, 5.74) is -0.533. The van der Waals surface area contributed by atoms with Crippen molar-refractivity contribution in [2.24, 2.45) is 0 Å². The Morgan fingerprint density at radius 3 is 2.12 bits per heavy atom. The highest BCUT2D eigenvalue weighted by Gasteiger charge is 2.52. The van der Waals surface area contributed by atoms with Crippen LogP contribution in [0.1, 0.15) is 27.7 Å². The zero-order valence-corrected chi connectivity index (χ0v) is 14.2. The van der Waals surface area contributed by atoms with Gasteiger partial charge in [-0.2, -0.15) is 0 Å². The molecule has 6 heteroatoms. The molecule has 0 bridgehead atoms. The second-order valence-corrected chi connectivity index (χ2v) is 8.48. The van der Waals surface area contributed by atoms with Gasteiger partial charge in [0.05, 0.1) is 15.0 Å². The normalized spacial score (nSPS) is 22.8. The van der Waals surface area contributed by atoms with E-state index < -0.39 is 0 Å². The molecule has 1 aromatic rings. The molecule has 1 saturated heterocycles. The molecule has 1 aliphatic rings. The molecule has 0 atom stereocenters. The maximum Gasteiger partial charge on any atom is 0.506 e. The summed E-state index contributed by atoms with van der Waals surface area (Å²) in [6.07, 6.45) is 0. The highest BCUT2D eigenvalue weighted by atomic mass is 127. The van der Waals surface area contributed by atoms with Crippen molar-refractivity contribution in [3.63, 3.8) is 0 Å². The largest absolute Gasteiger partial charge is 0.506 e. The Bertz CT molecular complexity index is 403. The number of thiophene rings is 1. The topological polar surface area (TPSA) is 18.5 Å². The maximum atomic E-state index is 6.01. The Labute approximate surface area is 123 Å². The van der Waals surface area contributed by atoms with Crippen LogP contribution < -0.4 is 4.78 Å². The molecular weight excluding hydrogens is 402 g/mol. The van der Waals surface area contributed by atoms with Crippen molar-refractivity contribution in [2.45, 2.75) is 38.9 Å². The van der Waals surface area contributed by atoms with Gasteiger partial charge in [-0.05, 0) is 72.3 Å². The van der Waals surface area contributed by atoms with Crippen molar-refractivity contribution in [3.8, 4) is 0 Å². The molecule has 16 heavy (non-hydrogen) atoms. The number of halogens is 2. The first-order chi connectivity index (χ1) is 7.23.